The van der Waals surface area contributed by atoms with Crippen LogP contribution in [0.15, 0.2) is 36.5 Å². The zero-order valence-electron chi connectivity index (χ0n) is 10.4. The number of benzene rings is 1. The number of hydrogen-bond acceptors (Lipinski definition) is 4. The highest BCUT2D eigenvalue weighted by Gasteiger charge is 2.08. The summed E-state index contributed by atoms with van der Waals surface area (Å²) < 4.78 is 4.60. The number of hydrogen-bond donors (Lipinski definition) is 0. The van der Waals surface area contributed by atoms with E-state index in [1.807, 2.05) is 37.3 Å². The highest BCUT2D eigenvalue weighted by atomic mass is 16.5. The third-order valence-corrected chi connectivity index (χ3v) is 2.66. The molecule has 0 aliphatic carbocycles. The normalized spacial score (nSPS) is 10.1. The largest absolute Gasteiger partial charge is 0.469 e. The Kier molecular flexibility index (Phi) is 3.67. The molecule has 0 saturated heterocycles. The van der Waals surface area contributed by atoms with Crippen LogP contribution in [0.1, 0.15) is 11.4 Å². The summed E-state index contributed by atoms with van der Waals surface area (Å²) in [5.74, 6) is 0.138. The van der Waals surface area contributed by atoms with E-state index in [4.69, 9.17) is 0 Å². The monoisotopic (exact) mass is 242 g/mol. The van der Waals surface area contributed by atoms with Crippen LogP contribution >= 0.6 is 0 Å². The van der Waals surface area contributed by atoms with Crippen LogP contribution in [0.5, 0.6) is 0 Å². The molecular formula is C14H14N2O2. The quantitative estimate of drug-likeness (QED) is 0.774. The zero-order valence-corrected chi connectivity index (χ0v) is 10.4. The van der Waals surface area contributed by atoms with Gasteiger partial charge in [0.15, 0.2) is 0 Å². The van der Waals surface area contributed by atoms with Gasteiger partial charge in [-0.3, -0.25) is 4.79 Å². The fourth-order valence-electron chi connectivity index (χ4n) is 1.70. The summed E-state index contributed by atoms with van der Waals surface area (Å²) >= 11 is 0. The van der Waals surface area contributed by atoms with Crippen molar-refractivity contribution in [3.63, 3.8) is 0 Å². The minimum absolute atomic E-state index is 0.0935. The van der Waals surface area contributed by atoms with Crippen molar-refractivity contribution >= 4 is 5.97 Å². The molecule has 0 aliphatic heterocycles. The fourth-order valence-corrected chi connectivity index (χ4v) is 1.70. The smallest absolute Gasteiger partial charge is 0.313 e. The molecule has 92 valence electrons. The summed E-state index contributed by atoms with van der Waals surface area (Å²) in [7, 11) is 1.35. The Hall–Kier alpha value is -2.23. The molecule has 0 unspecified atom stereocenters. The molecule has 0 bridgehead atoms. The van der Waals surface area contributed by atoms with Crippen LogP contribution in [0, 0.1) is 6.92 Å². The Bertz CT molecular complexity index is 567. The standard InChI is InChI=1S/C14H14N2O2/c1-10-5-3-4-6-11(10)12-7-8-15-13(16-12)9-14(17)18-2/h3-8H,9H2,1-2H3. The molecule has 4 heteroatoms. The second kappa shape index (κ2) is 5.40. The molecule has 0 amide bonds. The molecule has 0 fully saturated rings. The molecule has 0 spiro atoms. The maximum atomic E-state index is 11.2. The van der Waals surface area contributed by atoms with E-state index in [1.54, 1.807) is 6.20 Å². The van der Waals surface area contributed by atoms with E-state index >= 15 is 0 Å². The fraction of sp³-hybridized carbons (Fsp3) is 0.214. The summed E-state index contributed by atoms with van der Waals surface area (Å²) in [6.07, 6.45) is 1.75. The first-order valence-corrected chi connectivity index (χ1v) is 5.65. The molecule has 0 atom stereocenters. The van der Waals surface area contributed by atoms with Crippen molar-refractivity contribution in [2.24, 2.45) is 0 Å². The number of aromatic nitrogens is 2. The van der Waals surface area contributed by atoms with Crippen molar-refractivity contribution in [1.82, 2.24) is 9.97 Å². The Balaban J connectivity index is 2.33. The molecule has 18 heavy (non-hydrogen) atoms. The first kappa shape index (κ1) is 12.2. The van der Waals surface area contributed by atoms with Gasteiger partial charge >= 0.3 is 5.97 Å². The van der Waals surface area contributed by atoms with E-state index in [-0.39, 0.29) is 12.4 Å². The Morgan fingerprint density at radius 3 is 2.78 bits per heavy atom. The first-order chi connectivity index (χ1) is 8.70. The van der Waals surface area contributed by atoms with Gasteiger partial charge in [-0.15, -0.1) is 0 Å². The Morgan fingerprint density at radius 2 is 2.06 bits per heavy atom. The maximum Gasteiger partial charge on any atom is 0.313 e. The van der Waals surface area contributed by atoms with E-state index in [2.05, 4.69) is 14.7 Å². The molecule has 1 aromatic carbocycles. The highest BCUT2D eigenvalue weighted by Crippen LogP contribution is 2.20. The number of carbonyl (C=O) groups is 1. The van der Waals surface area contributed by atoms with Crippen LogP contribution in [0.3, 0.4) is 0 Å². The third kappa shape index (κ3) is 2.71. The number of methoxy groups -OCH3 is 1. The average Bonchev–Trinajstić information content (AvgIpc) is 2.39. The van der Waals surface area contributed by atoms with Gasteiger partial charge in [0, 0.05) is 11.8 Å². The van der Waals surface area contributed by atoms with Crippen LogP contribution in [0.2, 0.25) is 0 Å². The van der Waals surface area contributed by atoms with Crippen LogP contribution in [-0.2, 0) is 16.0 Å². The minimum atomic E-state index is -0.336. The number of esters is 1. The van der Waals surface area contributed by atoms with Crippen molar-refractivity contribution in [2.45, 2.75) is 13.3 Å². The molecule has 0 saturated carbocycles. The molecule has 0 aliphatic rings. The molecule has 2 aromatic rings. The van der Waals surface area contributed by atoms with Crippen molar-refractivity contribution in [1.29, 1.82) is 0 Å². The SMILES string of the molecule is COC(=O)Cc1nccc(-c2ccccc2C)n1. The first-order valence-electron chi connectivity index (χ1n) is 5.65. The van der Waals surface area contributed by atoms with E-state index in [1.165, 1.54) is 7.11 Å². The van der Waals surface area contributed by atoms with Gasteiger partial charge in [0.05, 0.1) is 12.8 Å². The van der Waals surface area contributed by atoms with Crippen LogP contribution < -0.4 is 0 Å². The minimum Gasteiger partial charge on any atom is -0.469 e. The molecule has 2 rings (SSSR count). The summed E-state index contributed by atoms with van der Waals surface area (Å²) in [6.45, 7) is 2.03. The molecule has 1 aromatic heterocycles. The van der Waals surface area contributed by atoms with Gasteiger partial charge in [-0.2, -0.15) is 0 Å². The average molecular weight is 242 g/mol. The van der Waals surface area contributed by atoms with Crippen molar-refractivity contribution < 1.29 is 9.53 Å². The second-order valence-corrected chi connectivity index (χ2v) is 3.93. The number of carbonyl (C=O) groups excluding carboxylic acids is 1. The van der Waals surface area contributed by atoms with Gasteiger partial charge in [-0.05, 0) is 18.6 Å². The molecule has 0 N–H and O–H groups in total. The van der Waals surface area contributed by atoms with E-state index < -0.39 is 0 Å². The summed E-state index contributed by atoms with van der Waals surface area (Å²) in [4.78, 5) is 19.6. The lowest BCUT2D eigenvalue weighted by atomic mass is 10.1. The van der Waals surface area contributed by atoms with Gasteiger partial charge in [-0.25, -0.2) is 9.97 Å². The van der Waals surface area contributed by atoms with Crippen LogP contribution in [0.25, 0.3) is 11.3 Å². The number of ether oxygens (including phenoxy) is 1. The summed E-state index contributed by atoms with van der Waals surface area (Å²) in [6, 6.07) is 9.81. The summed E-state index contributed by atoms with van der Waals surface area (Å²) in [5, 5.41) is 0. The number of aryl methyl sites for hydroxylation is 1. The van der Waals surface area contributed by atoms with Crippen molar-refractivity contribution in [3.8, 4) is 11.3 Å². The van der Waals surface area contributed by atoms with E-state index in [0.29, 0.717) is 5.82 Å². The predicted molar refractivity (Wildman–Crippen MR) is 67.9 cm³/mol. The Morgan fingerprint density at radius 1 is 1.28 bits per heavy atom. The van der Waals surface area contributed by atoms with E-state index in [0.717, 1.165) is 16.8 Å². The number of nitrogens with zero attached hydrogens (tertiary/aromatic N) is 2. The molecule has 0 radical (unpaired) electrons. The summed E-state index contributed by atoms with van der Waals surface area (Å²) in [5.41, 5.74) is 3.01. The molecule has 1 heterocycles. The third-order valence-electron chi connectivity index (χ3n) is 2.66. The van der Waals surface area contributed by atoms with Crippen LogP contribution in [-0.4, -0.2) is 23.0 Å². The lowest BCUT2D eigenvalue weighted by molar-refractivity contribution is -0.139. The topological polar surface area (TPSA) is 52.1 Å². The molecule has 4 nitrogen and oxygen atoms in total. The van der Waals surface area contributed by atoms with E-state index in [9.17, 15) is 4.79 Å². The highest BCUT2D eigenvalue weighted by molar-refractivity contribution is 5.71. The Labute approximate surface area is 106 Å². The van der Waals surface area contributed by atoms with Crippen LogP contribution in [0.4, 0.5) is 0 Å². The van der Waals surface area contributed by atoms with Gasteiger partial charge in [-0.1, -0.05) is 24.3 Å². The second-order valence-electron chi connectivity index (χ2n) is 3.93. The van der Waals surface area contributed by atoms with Gasteiger partial charge in [0.1, 0.15) is 12.2 Å². The van der Waals surface area contributed by atoms with Gasteiger partial charge < -0.3 is 4.74 Å². The zero-order chi connectivity index (χ0) is 13.0. The molecular weight excluding hydrogens is 228 g/mol. The van der Waals surface area contributed by atoms with Gasteiger partial charge in [0.25, 0.3) is 0 Å². The lowest BCUT2D eigenvalue weighted by Gasteiger charge is -2.06. The maximum absolute atomic E-state index is 11.2. The predicted octanol–water partition coefficient (Wildman–Crippen LogP) is 2.17. The van der Waals surface area contributed by atoms with Crippen molar-refractivity contribution in [3.05, 3.63) is 47.9 Å². The van der Waals surface area contributed by atoms with Gasteiger partial charge in [0.2, 0.25) is 0 Å². The lowest BCUT2D eigenvalue weighted by Crippen LogP contribution is -2.08. The number of rotatable bonds is 3. The van der Waals surface area contributed by atoms with Crippen molar-refractivity contribution in [2.75, 3.05) is 7.11 Å².